The summed E-state index contributed by atoms with van der Waals surface area (Å²) in [6.07, 6.45) is 9.58. The van der Waals surface area contributed by atoms with Gasteiger partial charge in [0.05, 0.1) is 18.6 Å². The van der Waals surface area contributed by atoms with Gasteiger partial charge in [0.1, 0.15) is 0 Å². The molecule has 0 heterocycles. The Balaban J connectivity index is 1.67. The van der Waals surface area contributed by atoms with Crippen LogP contribution in [-0.4, -0.2) is 35.7 Å². The van der Waals surface area contributed by atoms with Gasteiger partial charge in [-0.1, -0.05) is 60.1 Å². The van der Waals surface area contributed by atoms with Crippen molar-refractivity contribution in [2.24, 2.45) is 50.2 Å². The van der Waals surface area contributed by atoms with Crippen molar-refractivity contribution in [1.29, 1.82) is 0 Å². The van der Waals surface area contributed by atoms with E-state index in [1.54, 1.807) is 0 Å². The molecule has 6 heteroatoms. The molecule has 0 radical (unpaired) electrons. The van der Waals surface area contributed by atoms with Gasteiger partial charge in [0.2, 0.25) is 11.6 Å². The second kappa shape index (κ2) is 8.62. The summed E-state index contributed by atoms with van der Waals surface area (Å²) in [7, 11) is 0. The van der Waals surface area contributed by atoms with E-state index in [-0.39, 0.29) is 70.3 Å². The van der Waals surface area contributed by atoms with Gasteiger partial charge < -0.3 is 15.2 Å². The number of aliphatic hydroxyl groups is 1. The monoisotopic (exact) mass is 534 g/mol. The lowest BCUT2D eigenvalue weighted by molar-refractivity contribution is -0.178. The molecule has 0 spiro atoms. The number of nitrogens with zero attached hydrogens (tertiary/aromatic N) is 1. The van der Waals surface area contributed by atoms with Crippen molar-refractivity contribution in [1.82, 2.24) is 5.32 Å². The third-order valence-corrected chi connectivity index (χ3v) is 12.7. The van der Waals surface area contributed by atoms with Crippen LogP contribution in [0, 0.1) is 56.8 Å². The third-order valence-electron chi connectivity index (χ3n) is 12.7. The van der Waals surface area contributed by atoms with Crippen LogP contribution in [0.5, 0.6) is 0 Å². The van der Waals surface area contributed by atoms with E-state index >= 15 is 0 Å². The Morgan fingerprint density at radius 1 is 1.05 bits per heavy atom. The summed E-state index contributed by atoms with van der Waals surface area (Å²) in [6.45, 7) is 23.1. The molecule has 3 fully saturated rings. The summed E-state index contributed by atoms with van der Waals surface area (Å²) in [5.41, 5.74) is -1.11. The molecule has 0 aromatic carbocycles. The highest BCUT2D eigenvalue weighted by molar-refractivity contribution is 6.03. The first-order valence-corrected chi connectivity index (χ1v) is 14.8. The highest BCUT2D eigenvalue weighted by atomic mass is 16.3. The number of hydrogen-bond acceptors (Lipinski definition) is 4. The second-order valence-corrected chi connectivity index (χ2v) is 15.4. The van der Waals surface area contributed by atoms with Crippen LogP contribution in [0.2, 0.25) is 0 Å². The summed E-state index contributed by atoms with van der Waals surface area (Å²) in [5.74, 6) is -0.278. The zero-order chi connectivity index (χ0) is 28.8. The Morgan fingerprint density at radius 3 is 2.36 bits per heavy atom. The van der Waals surface area contributed by atoms with Crippen LogP contribution in [0.4, 0.5) is 0 Å². The normalized spacial score (nSPS) is 43.9. The Hall–Kier alpha value is -2.26. The molecule has 7 atom stereocenters. The molecule has 3 saturated carbocycles. The fourth-order valence-electron chi connectivity index (χ4n) is 10.3. The molecular formula is C33H46N2O4. The molecule has 212 valence electrons. The van der Waals surface area contributed by atoms with Crippen molar-refractivity contribution in [3.8, 4) is 0 Å². The summed E-state index contributed by atoms with van der Waals surface area (Å²) in [4.78, 5) is 45.1. The smallest absolute Gasteiger partial charge is 0.226 e. The van der Waals surface area contributed by atoms with Gasteiger partial charge in [0, 0.05) is 23.3 Å². The van der Waals surface area contributed by atoms with E-state index in [0.29, 0.717) is 0 Å². The lowest BCUT2D eigenvalue weighted by Gasteiger charge is -2.69. The number of carbonyl (C=O) groups excluding carboxylic acids is 3. The molecule has 0 saturated heterocycles. The Kier molecular flexibility index (Phi) is 6.25. The first-order chi connectivity index (χ1) is 18.0. The minimum atomic E-state index is -0.674. The molecule has 2 N–H and O–H groups in total. The quantitative estimate of drug-likeness (QED) is 0.457. The lowest BCUT2D eigenvalue weighted by Crippen LogP contribution is -2.66. The largest absolute Gasteiger partial charge is 0.395 e. The SMILES string of the molecule is [C-]#[N+]C1=C[C@]2(C)C3=CC(=O)[C@@H]4[C@@H]5CC(C)(C)CC[C@]5(C(=O)NCCO)CC[C@@]4(C)[C@]3(C)CC[C@H]2C(C)(C)C1=O. The van der Waals surface area contributed by atoms with Crippen molar-refractivity contribution in [2.75, 3.05) is 13.2 Å². The number of hydrogen-bond donors (Lipinski definition) is 2. The standard InChI is InChI=1S/C33H46N2O4/c1-28(2)11-13-33(27(39)35-15-16-36)14-12-32(7)25(20(33)18-28)22(37)17-24-30(5)19-21(34-8)26(38)29(3,4)23(30)9-10-31(24,32)6/h17,19-20,23,25,36H,9-16,18H2,1-7H3,(H,35,39)/t20-,23-,25-,30-,31+,32+,33-/m0/s1. The van der Waals surface area contributed by atoms with E-state index in [0.717, 1.165) is 50.5 Å². The molecule has 0 unspecified atom stereocenters. The number of aliphatic hydroxyl groups excluding tert-OH is 1. The van der Waals surface area contributed by atoms with Gasteiger partial charge in [0.15, 0.2) is 11.6 Å². The molecule has 0 aromatic rings. The van der Waals surface area contributed by atoms with Crippen LogP contribution in [0.25, 0.3) is 4.85 Å². The fraction of sp³-hybridized carbons (Fsp3) is 0.758. The highest BCUT2D eigenvalue weighted by Crippen LogP contribution is 2.74. The maximum Gasteiger partial charge on any atom is 0.226 e. The van der Waals surface area contributed by atoms with Gasteiger partial charge in [-0.15, -0.1) is 0 Å². The maximum absolute atomic E-state index is 14.5. The summed E-state index contributed by atoms with van der Waals surface area (Å²) >= 11 is 0. The van der Waals surface area contributed by atoms with Gasteiger partial charge in [-0.05, 0) is 79.1 Å². The van der Waals surface area contributed by atoms with Gasteiger partial charge in [-0.25, -0.2) is 4.85 Å². The third kappa shape index (κ3) is 3.57. The molecule has 0 aliphatic heterocycles. The predicted molar refractivity (Wildman–Crippen MR) is 150 cm³/mol. The van der Waals surface area contributed by atoms with Gasteiger partial charge in [0.25, 0.3) is 0 Å². The van der Waals surface area contributed by atoms with Crippen LogP contribution < -0.4 is 5.32 Å². The number of carbonyl (C=O) groups is 3. The number of rotatable bonds is 3. The van der Waals surface area contributed by atoms with Crippen molar-refractivity contribution in [3.63, 3.8) is 0 Å². The second-order valence-electron chi connectivity index (χ2n) is 15.4. The van der Waals surface area contributed by atoms with Crippen molar-refractivity contribution in [3.05, 3.63) is 34.8 Å². The average molecular weight is 535 g/mol. The van der Waals surface area contributed by atoms with Gasteiger partial charge in [-0.2, -0.15) is 0 Å². The minimum Gasteiger partial charge on any atom is -0.395 e. The zero-order valence-electron chi connectivity index (χ0n) is 24.9. The van der Waals surface area contributed by atoms with E-state index < -0.39 is 16.2 Å². The minimum absolute atomic E-state index is 0.000301. The van der Waals surface area contributed by atoms with Crippen LogP contribution in [0.15, 0.2) is 23.4 Å². The lowest BCUT2D eigenvalue weighted by atomic mass is 9.34. The summed E-state index contributed by atoms with van der Waals surface area (Å²) in [6, 6.07) is 0. The van der Waals surface area contributed by atoms with Gasteiger partial charge >= 0.3 is 0 Å². The number of ketones is 2. The highest BCUT2D eigenvalue weighted by Gasteiger charge is 2.70. The van der Waals surface area contributed by atoms with Crippen LogP contribution >= 0.6 is 0 Å². The molecule has 5 aliphatic rings. The first kappa shape index (κ1) is 28.3. The van der Waals surface area contributed by atoms with E-state index in [4.69, 9.17) is 6.57 Å². The molecule has 0 bridgehead atoms. The maximum atomic E-state index is 14.5. The molecule has 1 amide bonds. The van der Waals surface area contributed by atoms with Crippen molar-refractivity contribution in [2.45, 2.75) is 93.4 Å². The molecular weight excluding hydrogens is 488 g/mol. The molecule has 0 aromatic heterocycles. The first-order valence-electron chi connectivity index (χ1n) is 14.8. The number of allylic oxidation sites excluding steroid dienone is 4. The van der Waals surface area contributed by atoms with E-state index in [1.165, 1.54) is 0 Å². The Morgan fingerprint density at radius 2 is 1.72 bits per heavy atom. The fourth-order valence-corrected chi connectivity index (χ4v) is 10.3. The van der Waals surface area contributed by atoms with Crippen LogP contribution in [0.3, 0.4) is 0 Å². The number of nitrogens with one attached hydrogen (secondary N) is 1. The van der Waals surface area contributed by atoms with E-state index in [1.807, 2.05) is 26.0 Å². The van der Waals surface area contributed by atoms with Crippen LogP contribution in [0.1, 0.15) is 93.4 Å². The molecule has 6 nitrogen and oxygen atoms in total. The molecule has 39 heavy (non-hydrogen) atoms. The molecule has 5 rings (SSSR count). The number of amides is 1. The summed E-state index contributed by atoms with van der Waals surface area (Å²) in [5, 5.41) is 12.4. The number of fused-ring (bicyclic) bond motifs is 7. The molecule has 5 aliphatic carbocycles. The zero-order valence-corrected chi connectivity index (χ0v) is 24.9. The summed E-state index contributed by atoms with van der Waals surface area (Å²) < 4.78 is 0. The van der Waals surface area contributed by atoms with E-state index in [2.05, 4.69) is 44.8 Å². The Labute approximate surface area is 233 Å². The Bertz CT molecular complexity index is 1240. The predicted octanol–water partition coefficient (Wildman–Crippen LogP) is 5.67. The van der Waals surface area contributed by atoms with Crippen LogP contribution in [-0.2, 0) is 14.4 Å². The van der Waals surface area contributed by atoms with E-state index in [9.17, 15) is 19.5 Å². The van der Waals surface area contributed by atoms with Gasteiger partial charge in [-0.3, -0.25) is 9.59 Å². The topological polar surface area (TPSA) is 87.8 Å². The van der Waals surface area contributed by atoms with Crippen molar-refractivity contribution >= 4 is 17.5 Å². The number of Topliss-reactive ketones (excluding diaryl/α,β-unsaturated/α-hetero) is 1. The van der Waals surface area contributed by atoms with Crippen molar-refractivity contribution < 1.29 is 19.5 Å². The average Bonchev–Trinajstić information content (AvgIpc) is 2.86.